The second-order valence-corrected chi connectivity index (χ2v) is 5.12. The van der Waals surface area contributed by atoms with Gasteiger partial charge in [0.2, 0.25) is 5.84 Å². The van der Waals surface area contributed by atoms with E-state index in [1.807, 2.05) is 0 Å². The van der Waals surface area contributed by atoms with Crippen LogP contribution in [0, 0.1) is 13.8 Å². The van der Waals surface area contributed by atoms with E-state index in [1.54, 1.807) is 26.0 Å². The molecule has 0 aromatic carbocycles. The predicted molar refractivity (Wildman–Crippen MR) is 69.0 cm³/mol. The molecule has 2 aliphatic rings. The number of rotatable bonds is 0. The van der Waals surface area contributed by atoms with Gasteiger partial charge < -0.3 is 17.6 Å². The lowest BCUT2D eigenvalue weighted by molar-refractivity contribution is -0.362. The second kappa shape index (κ2) is 3.34. The number of hydrogen-bond acceptors (Lipinski definition) is 1. The summed E-state index contributed by atoms with van der Waals surface area (Å²) in [6.45, 7) is 0.951. The van der Waals surface area contributed by atoms with Crippen molar-refractivity contribution in [2.24, 2.45) is 0 Å². The summed E-state index contributed by atoms with van der Waals surface area (Å²) < 4.78 is 31.4. The maximum absolute atomic E-state index is 14.7. The van der Waals surface area contributed by atoms with Crippen LogP contribution in [0.1, 0.15) is 23.9 Å². The van der Waals surface area contributed by atoms with Gasteiger partial charge in [-0.2, -0.15) is 4.90 Å². The maximum atomic E-state index is 14.7. The van der Waals surface area contributed by atoms with E-state index in [0.717, 1.165) is 14.5 Å². The lowest BCUT2D eigenvalue weighted by atomic mass is 9.90. The van der Waals surface area contributed by atoms with Crippen LogP contribution < -0.4 is 0 Å². The van der Waals surface area contributed by atoms with Crippen molar-refractivity contribution in [2.45, 2.75) is 20.8 Å². The van der Waals surface area contributed by atoms with Crippen molar-refractivity contribution in [3.63, 3.8) is 0 Å². The highest BCUT2D eigenvalue weighted by atomic mass is 19.2. The van der Waals surface area contributed by atoms with Crippen LogP contribution in [0.4, 0.5) is 8.63 Å². The maximum Gasteiger partial charge on any atom is 0.639 e. The zero-order valence-electron chi connectivity index (χ0n) is 11.2. The predicted octanol–water partition coefficient (Wildman–Crippen LogP) is 1.59. The Morgan fingerprint density at radius 1 is 1.26 bits per heavy atom. The Morgan fingerprint density at radius 3 is 2.53 bits per heavy atom. The molecule has 3 rings (SSSR count). The van der Waals surface area contributed by atoms with Crippen LogP contribution in [0.5, 0.6) is 0 Å². The molecule has 2 aliphatic heterocycles. The Kier molecular flexibility index (Phi) is 2.14. The fraction of sp³-hybridized carbons (Fsp3) is 0.333. The number of aryl methyl sites for hydroxylation is 2. The monoisotopic (exact) mass is 265 g/mol. The van der Waals surface area contributed by atoms with Gasteiger partial charge in [-0.1, -0.05) is 0 Å². The average Bonchev–Trinajstić information content (AvgIpc) is 2.71. The third-order valence-electron chi connectivity index (χ3n) is 3.98. The quantitative estimate of drug-likeness (QED) is 0.655. The van der Waals surface area contributed by atoms with Crippen LogP contribution in [-0.2, 0) is 4.79 Å². The molecule has 0 spiro atoms. The molecule has 0 saturated carbocycles. The van der Waals surface area contributed by atoms with Gasteiger partial charge in [-0.05, 0) is 31.2 Å². The Labute approximate surface area is 109 Å². The SMILES string of the molecule is CC1=[N+]2C(=Cc3c(C)cc(C)n3[B-]2(F)F)C(=O)N1C. The molecule has 1 amide bonds. The topological polar surface area (TPSA) is 28.2 Å². The van der Waals surface area contributed by atoms with Crippen LogP contribution >= 0.6 is 0 Å². The number of halogens is 2. The van der Waals surface area contributed by atoms with Crippen molar-refractivity contribution >= 4 is 24.8 Å². The fourth-order valence-corrected chi connectivity index (χ4v) is 2.96. The summed E-state index contributed by atoms with van der Waals surface area (Å²) in [4.78, 5) is 13.3. The molecule has 4 nitrogen and oxygen atoms in total. The molecule has 0 fully saturated rings. The van der Waals surface area contributed by atoms with Gasteiger partial charge in [0, 0.05) is 18.7 Å². The molecule has 19 heavy (non-hydrogen) atoms. The third kappa shape index (κ3) is 1.27. The first-order valence-corrected chi connectivity index (χ1v) is 6.10. The van der Waals surface area contributed by atoms with E-state index in [2.05, 4.69) is 0 Å². The van der Waals surface area contributed by atoms with Crippen LogP contribution in [0.15, 0.2) is 11.8 Å². The number of amidine groups is 1. The van der Waals surface area contributed by atoms with Crippen molar-refractivity contribution in [3.05, 3.63) is 28.7 Å². The van der Waals surface area contributed by atoms with Gasteiger partial charge in [-0.25, -0.2) is 4.79 Å². The number of aromatic nitrogens is 1. The van der Waals surface area contributed by atoms with E-state index in [0.29, 0.717) is 11.4 Å². The number of fused-ring (bicyclic) bond motifs is 2. The third-order valence-corrected chi connectivity index (χ3v) is 3.98. The first kappa shape index (κ1) is 12.1. The lowest BCUT2D eigenvalue weighted by Gasteiger charge is -2.32. The van der Waals surface area contributed by atoms with Crippen molar-refractivity contribution in [3.8, 4) is 0 Å². The Bertz CT molecular complexity index is 687. The highest BCUT2D eigenvalue weighted by molar-refractivity contribution is 6.58. The van der Waals surface area contributed by atoms with Gasteiger partial charge in [-0.3, -0.25) is 0 Å². The lowest BCUT2D eigenvalue weighted by Crippen LogP contribution is -2.50. The van der Waals surface area contributed by atoms with Crippen LogP contribution in [0.3, 0.4) is 0 Å². The number of likely N-dealkylation sites (N-methyl/N-ethyl adjacent to an activating group) is 1. The number of hydrogen-bond donors (Lipinski definition) is 0. The fourth-order valence-electron chi connectivity index (χ4n) is 2.96. The Morgan fingerprint density at radius 2 is 1.89 bits per heavy atom. The molecule has 0 atom stereocenters. The molecule has 1 aromatic heterocycles. The number of nitrogens with zero attached hydrogens (tertiary/aromatic N) is 3. The van der Waals surface area contributed by atoms with Gasteiger partial charge in [0.25, 0.3) is 0 Å². The van der Waals surface area contributed by atoms with Crippen LogP contribution in [0.25, 0.3) is 6.08 Å². The largest absolute Gasteiger partial charge is 0.639 e. The first-order valence-electron chi connectivity index (χ1n) is 6.10. The molecular weight excluding hydrogens is 251 g/mol. The summed E-state index contributed by atoms with van der Waals surface area (Å²) in [6.07, 6.45) is 1.55. The molecule has 0 unspecified atom stereocenters. The number of carbonyl (C=O) groups is 1. The Balaban J connectivity index is 2.40. The molecule has 7 heteroatoms. The van der Waals surface area contributed by atoms with Gasteiger partial charge in [0.1, 0.15) is 0 Å². The molecule has 100 valence electrons. The second-order valence-electron chi connectivity index (χ2n) is 5.12. The molecule has 3 heterocycles. The van der Waals surface area contributed by atoms with Gasteiger partial charge >= 0.3 is 12.9 Å². The van der Waals surface area contributed by atoms with Gasteiger partial charge in [0.15, 0.2) is 5.70 Å². The minimum absolute atomic E-state index is 0.0544. The van der Waals surface area contributed by atoms with Gasteiger partial charge in [0.05, 0.1) is 7.05 Å². The zero-order chi connectivity index (χ0) is 14.1. The average molecular weight is 265 g/mol. The molecule has 0 saturated heterocycles. The van der Waals surface area contributed by atoms with Crippen molar-refractivity contribution in [2.75, 3.05) is 7.05 Å². The van der Waals surface area contributed by atoms with Crippen molar-refractivity contribution in [1.29, 1.82) is 0 Å². The summed E-state index contributed by atoms with van der Waals surface area (Å²) in [6, 6.07) is 1.72. The van der Waals surface area contributed by atoms with E-state index >= 15 is 0 Å². The van der Waals surface area contributed by atoms with Crippen molar-refractivity contribution in [1.82, 2.24) is 9.38 Å². The number of carbonyl (C=O) groups excluding carboxylic acids is 1. The summed E-state index contributed by atoms with van der Waals surface area (Å²) >= 11 is 0. The molecular formula is C12H14BF2N3O. The standard InChI is InChI=1S/C12H14BF2N3O/c1-7-5-8(2)17-10(7)6-11-12(19)16(4)9(3)18(11)13(17,14)15/h5-6H,1-4H3. The minimum atomic E-state index is -4.01. The van der Waals surface area contributed by atoms with Crippen LogP contribution in [0.2, 0.25) is 0 Å². The van der Waals surface area contributed by atoms with E-state index in [9.17, 15) is 13.4 Å². The van der Waals surface area contributed by atoms with E-state index in [-0.39, 0.29) is 17.4 Å². The van der Waals surface area contributed by atoms with Crippen LogP contribution in [-0.4, -0.2) is 39.6 Å². The number of amides is 1. The normalized spacial score (nSPS) is 20.6. The first-order chi connectivity index (χ1) is 8.76. The van der Waals surface area contributed by atoms with Crippen molar-refractivity contribution < 1.29 is 17.9 Å². The van der Waals surface area contributed by atoms with E-state index in [4.69, 9.17) is 0 Å². The minimum Gasteiger partial charge on any atom is -0.420 e. The molecule has 0 aliphatic carbocycles. The molecule has 0 N–H and O–H groups in total. The van der Waals surface area contributed by atoms with E-state index < -0.39 is 6.97 Å². The summed E-state index contributed by atoms with van der Waals surface area (Å²) in [7, 11) is 1.51. The zero-order valence-corrected chi connectivity index (χ0v) is 11.2. The highest BCUT2D eigenvalue weighted by Crippen LogP contribution is 2.34. The highest BCUT2D eigenvalue weighted by Gasteiger charge is 2.53. The molecule has 0 bridgehead atoms. The van der Waals surface area contributed by atoms with E-state index in [1.165, 1.54) is 18.9 Å². The Hall–Kier alpha value is -1.92. The molecule has 1 aromatic rings. The smallest absolute Gasteiger partial charge is 0.420 e. The summed E-state index contributed by atoms with van der Waals surface area (Å²) in [5, 5.41) is 0. The molecule has 0 radical (unpaired) electrons. The van der Waals surface area contributed by atoms with Gasteiger partial charge in [-0.15, -0.1) is 0 Å². The summed E-state index contributed by atoms with van der Waals surface area (Å²) in [5.74, 6) is -0.124. The summed E-state index contributed by atoms with van der Waals surface area (Å²) in [5.41, 5.74) is 1.73.